The summed E-state index contributed by atoms with van der Waals surface area (Å²) in [5, 5.41) is 4.84. The summed E-state index contributed by atoms with van der Waals surface area (Å²) in [6.45, 7) is 3.31. The van der Waals surface area contributed by atoms with E-state index in [4.69, 9.17) is 16.3 Å². The van der Waals surface area contributed by atoms with E-state index in [1.807, 2.05) is 43.1 Å². The summed E-state index contributed by atoms with van der Waals surface area (Å²) < 4.78 is 7.68. The van der Waals surface area contributed by atoms with Crippen molar-refractivity contribution in [3.8, 4) is 5.75 Å². The number of amides is 1. The van der Waals surface area contributed by atoms with Crippen molar-refractivity contribution < 1.29 is 9.53 Å². The molecule has 0 radical (unpaired) electrons. The number of nitrogens with zero attached hydrogens (tertiary/aromatic N) is 3. The van der Waals surface area contributed by atoms with E-state index < -0.39 is 0 Å². The summed E-state index contributed by atoms with van der Waals surface area (Å²) in [4.78, 5) is 14.4. The number of carbonyl (C=O) groups excluding carboxylic acids is 1. The zero-order valence-corrected chi connectivity index (χ0v) is 14.1. The van der Waals surface area contributed by atoms with Gasteiger partial charge in [-0.05, 0) is 31.2 Å². The van der Waals surface area contributed by atoms with Gasteiger partial charge in [-0.3, -0.25) is 9.48 Å². The van der Waals surface area contributed by atoms with Gasteiger partial charge in [0, 0.05) is 43.7 Å². The van der Waals surface area contributed by atoms with Crippen LogP contribution in [0.3, 0.4) is 0 Å². The van der Waals surface area contributed by atoms with Crippen LogP contribution in [0, 0.1) is 6.92 Å². The second-order valence-corrected chi connectivity index (χ2v) is 6.27. The molecule has 1 aliphatic heterocycles. The number of hydrogen-bond acceptors (Lipinski definition) is 3. The minimum Gasteiger partial charge on any atom is -0.490 e. The molecular weight excluding hydrogens is 314 g/mol. The third kappa shape index (κ3) is 3.50. The monoisotopic (exact) mass is 333 g/mol. The molecule has 1 aliphatic rings. The van der Waals surface area contributed by atoms with Crippen LogP contribution in [0.5, 0.6) is 5.75 Å². The molecule has 1 amide bonds. The van der Waals surface area contributed by atoms with Gasteiger partial charge in [0.05, 0.1) is 11.8 Å². The Morgan fingerprint density at radius 3 is 2.48 bits per heavy atom. The van der Waals surface area contributed by atoms with Crippen molar-refractivity contribution >= 4 is 17.5 Å². The van der Waals surface area contributed by atoms with Gasteiger partial charge in [-0.15, -0.1) is 0 Å². The van der Waals surface area contributed by atoms with E-state index in [-0.39, 0.29) is 12.0 Å². The Bertz CT molecular complexity index is 688. The van der Waals surface area contributed by atoms with Crippen LogP contribution in [-0.2, 0) is 7.05 Å². The largest absolute Gasteiger partial charge is 0.490 e. The molecule has 2 aromatic rings. The van der Waals surface area contributed by atoms with Gasteiger partial charge in [0.25, 0.3) is 5.91 Å². The lowest BCUT2D eigenvalue weighted by Crippen LogP contribution is -2.41. The van der Waals surface area contributed by atoms with Gasteiger partial charge in [-0.1, -0.05) is 11.6 Å². The van der Waals surface area contributed by atoms with Gasteiger partial charge < -0.3 is 9.64 Å². The first-order valence-corrected chi connectivity index (χ1v) is 8.12. The van der Waals surface area contributed by atoms with E-state index in [2.05, 4.69) is 5.10 Å². The van der Waals surface area contributed by atoms with E-state index >= 15 is 0 Å². The maximum absolute atomic E-state index is 12.6. The van der Waals surface area contributed by atoms with Crippen LogP contribution in [0.4, 0.5) is 0 Å². The molecule has 1 saturated heterocycles. The molecule has 122 valence electrons. The topological polar surface area (TPSA) is 47.4 Å². The number of aromatic nitrogens is 2. The predicted octanol–water partition coefficient (Wildman–Crippen LogP) is 3.07. The molecule has 0 aliphatic carbocycles. The molecule has 1 aromatic carbocycles. The number of rotatable bonds is 3. The second-order valence-electron chi connectivity index (χ2n) is 5.83. The summed E-state index contributed by atoms with van der Waals surface area (Å²) in [6, 6.07) is 7.39. The summed E-state index contributed by atoms with van der Waals surface area (Å²) >= 11 is 5.87. The molecule has 0 N–H and O–H groups in total. The molecule has 0 spiro atoms. The van der Waals surface area contributed by atoms with Crippen LogP contribution in [0.25, 0.3) is 0 Å². The number of halogens is 1. The lowest BCUT2D eigenvalue weighted by molar-refractivity contribution is 0.0595. The van der Waals surface area contributed by atoms with Crippen LogP contribution in [0.1, 0.15) is 28.9 Å². The quantitative estimate of drug-likeness (QED) is 0.867. The van der Waals surface area contributed by atoms with E-state index in [1.54, 1.807) is 10.9 Å². The molecular formula is C17H20ClN3O2. The Kier molecular flexibility index (Phi) is 4.57. The number of likely N-dealkylation sites (tertiary alicyclic amines) is 1. The first kappa shape index (κ1) is 15.9. The lowest BCUT2D eigenvalue weighted by atomic mass is 10.1. The molecule has 0 unspecified atom stereocenters. The standard InChI is InChI=1S/C17H20ClN3O2/c1-12-16(11-19-20(12)2)17(22)21-9-7-15(8-10-21)23-14-5-3-13(18)4-6-14/h3-6,11,15H,7-10H2,1-2H3. The van der Waals surface area contributed by atoms with Crippen molar-refractivity contribution in [1.29, 1.82) is 0 Å². The van der Waals surface area contributed by atoms with Crippen molar-refractivity contribution in [2.45, 2.75) is 25.9 Å². The molecule has 6 heteroatoms. The summed E-state index contributed by atoms with van der Waals surface area (Å²) in [7, 11) is 1.85. The number of piperidine rings is 1. The second kappa shape index (κ2) is 6.62. The normalized spacial score (nSPS) is 15.7. The third-order valence-electron chi connectivity index (χ3n) is 4.31. The highest BCUT2D eigenvalue weighted by molar-refractivity contribution is 6.30. The Balaban J connectivity index is 1.57. The average Bonchev–Trinajstić information content (AvgIpc) is 2.89. The molecule has 3 rings (SSSR count). The van der Waals surface area contributed by atoms with E-state index in [0.29, 0.717) is 23.7 Å². The molecule has 0 saturated carbocycles. The Hall–Kier alpha value is -2.01. The zero-order chi connectivity index (χ0) is 16.4. The van der Waals surface area contributed by atoms with Gasteiger partial charge in [-0.25, -0.2) is 0 Å². The van der Waals surface area contributed by atoms with Crippen LogP contribution in [0.15, 0.2) is 30.5 Å². The van der Waals surface area contributed by atoms with E-state index in [0.717, 1.165) is 24.3 Å². The fourth-order valence-electron chi connectivity index (χ4n) is 2.76. The van der Waals surface area contributed by atoms with E-state index in [9.17, 15) is 4.79 Å². The molecule has 1 fully saturated rings. The van der Waals surface area contributed by atoms with Crippen molar-refractivity contribution in [2.24, 2.45) is 7.05 Å². The predicted molar refractivity (Wildman–Crippen MR) is 89.0 cm³/mol. The van der Waals surface area contributed by atoms with Crippen LogP contribution in [-0.4, -0.2) is 39.8 Å². The van der Waals surface area contributed by atoms with Gasteiger partial charge in [0.2, 0.25) is 0 Å². The molecule has 23 heavy (non-hydrogen) atoms. The number of ether oxygens (including phenoxy) is 1. The maximum Gasteiger partial charge on any atom is 0.257 e. The highest BCUT2D eigenvalue weighted by Crippen LogP contribution is 2.22. The van der Waals surface area contributed by atoms with Gasteiger partial charge >= 0.3 is 0 Å². The maximum atomic E-state index is 12.6. The first-order chi connectivity index (χ1) is 11.0. The van der Waals surface area contributed by atoms with E-state index in [1.165, 1.54) is 0 Å². The third-order valence-corrected chi connectivity index (χ3v) is 4.56. The molecule has 2 heterocycles. The van der Waals surface area contributed by atoms with Crippen molar-refractivity contribution in [3.63, 3.8) is 0 Å². The fourth-order valence-corrected chi connectivity index (χ4v) is 2.89. The zero-order valence-electron chi connectivity index (χ0n) is 13.3. The summed E-state index contributed by atoms with van der Waals surface area (Å²) in [5.41, 5.74) is 1.58. The Morgan fingerprint density at radius 1 is 1.26 bits per heavy atom. The van der Waals surface area contributed by atoms with Crippen LogP contribution < -0.4 is 4.74 Å². The summed E-state index contributed by atoms with van der Waals surface area (Å²) in [6.07, 6.45) is 3.44. The van der Waals surface area contributed by atoms with Crippen molar-refractivity contribution in [1.82, 2.24) is 14.7 Å². The number of benzene rings is 1. The molecule has 1 aromatic heterocycles. The number of carbonyl (C=O) groups is 1. The molecule has 5 nitrogen and oxygen atoms in total. The van der Waals surface area contributed by atoms with Crippen molar-refractivity contribution in [3.05, 3.63) is 46.7 Å². The highest BCUT2D eigenvalue weighted by Gasteiger charge is 2.26. The number of hydrogen-bond donors (Lipinski definition) is 0. The van der Waals surface area contributed by atoms with Gasteiger partial charge in [0.15, 0.2) is 0 Å². The van der Waals surface area contributed by atoms with Gasteiger partial charge in [-0.2, -0.15) is 5.10 Å². The highest BCUT2D eigenvalue weighted by atomic mass is 35.5. The van der Waals surface area contributed by atoms with Crippen LogP contribution >= 0.6 is 11.6 Å². The first-order valence-electron chi connectivity index (χ1n) is 7.74. The Labute approximate surface area is 140 Å². The van der Waals surface area contributed by atoms with Crippen molar-refractivity contribution in [2.75, 3.05) is 13.1 Å². The van der Waals surface area contributed by atoms with Gasteiger partial charge in [0.1, 0.15) is 11.9 Å². The summed E-state index contributed by atoms with van der Waals surface area (Å²) in [5.74, 6) is 0.878. The average molecular weight is 334 g/mol. The molecule has 0 atom stereocenters. The Morgan fingerprint density at radius 2 is 1.91 bits per heavy atom. The minimum absolute atomic E-state index is 0.0561. The fraction of sp³-hybridized carbons (Fsp3) is 0.412. The minimum atomic E-state index is 0.0561. The molecule has 0 bridgehead atoms. The number of aryl methyl sites for hydroxylation is 1. The smallest absolute Gasteiger partial charge is 0.257 e. The SMILES string of the molecule is Cc1c(C(=O)N2CCC(Oc3ccc(Cl)cc3)CC2)cnn1C. The lowest BCUT2D eigenvalue weighted by Gasteiger charge is -2.32. The van der Waals surface area contributed by atoms with Crippen LogP contribution in [0.2, 0.25) is 5.02 Å².